The highest BCUT2D eigenvalue weighted by atomic mass is 15.5. The van der Waals surface area contributed by atoms with E-state index in [1.807, 2.05) is 0 Å². The third-order valence-corrected chi connectivity index (χ3v) is 3.75. The summed E-state index contributed by atoms with van der Waals surface area (Å²) < 4.78 is 0. The predicted molar refractivity (Wildman–Crippen MR) is 56.7 cm³/mol. The second-order valence-electron chi connectivity index (χ2n) is 4.69. The highest BCUT2D eigenvalue weighted by Gasteiger charge is 2.53. The van der Waals surface area contributed by atoms with Crippen LogP contribution < -0.4 is 5.84 Å². The van der Waals surface area contributed by atoms with Crippen LogP contribution in [0.2, 0.25) is 0 Å². The SMILES string of the molecule is NN1CC(c2ccccc2)CC12CC2. The summed E-state index contributed by atoms with van der Waals surface area (Å²) in [7, 11) is 0. The van der Waals surface area contributed by atoms with Gasteiger partial charge in [0.2, 0.25) is 0 Å². The maximum absolute atomic E-state index is 6.04. The molecule has 1 aliphatic carbocycles. The molecule has 2 N–H and O–H groups in total. The summed E-state index contributed by atoms with van der Waals surface area (Å²) in [5, 5.41) is 2.07. The van der Waals surface area contributed by atoms with Gasteiger partial charge in [-0.3, -0.25) is 5.84 Å². The lowest BCUT2D eigenvalue weighted by molar-refractivity contribution is 0.242. The molecule has 1 aliphatic heterocycles. The van der Waals surface area contributed by atoms with Gasteiger partial charge in [0.1, 0.15) is 0 Å². The highest BCUT2D eigenvalue weighted by Crippen LogP contribution is 2.52. The van der Waals surface area contributed by atoms with Gasteiger partial charge in [0, 0.05) is 12.1 Å². The first-order chi connectivity index (χ1) is 6.80. The molecule has 1 unspecified atom stereocenters. The van der Waals surface area contributed by atoms with Crippen molar-refractivity contribution in [1.82, 2.24) is 5.01 Å². The Morgan fingerprint density at radius 3 is 2.50 bits per heavy atom. The number of nitrogens with zero attached hydrogens (tertiary/aromatic N) is 1. The summed E-state index contributed by atoms with van der Waals surface area (Å²) in [5.74, 6) is 6.69. The minimum absolute atomic E-state index is 0.389. The van der Waals surface area contributed by atoms with Crippen molar-refractivity contribution in [2.45, 2.75) is 30.7 Å². The Hall–Kier alpha value is -0.860. The largest absolute Gasteiger partial charge is 0.268 e. The fourth-order valence-corrected chi connectivity index (χ4v) is 2.66. The van der Waals surface area contributed by atoms with Crippen LogP contribution in [0, 0.1) is 0 Å². The van der Waals surface area contributed by atoms with Crippen molar-refractivity contribution in [3.05, 3.63) is 35.9 Å². The summed E-state index contributed by atoms with van der Waals surface area (Å²) in [6.07, 6.45) is 3.85. The van der Waals surface area contributed by atoms with Gasteiger partial charge in [0.05, 0.1) is 0 Å². The fraction of sp³-hybridized carbons (Fsp3) is 0.500. The fourth-order valence-electron chi connectivity index (χ4n) is 2.66. The Morgan fingerprint density at radius 1 is 1.21 bits per heavy atom. The average molecular weight is 188 g/mol. The van der Waals surface area contributed by atoms with Crippen LogP contribution in [0.3, 0.4) is 0 Å². The van der Waals surface area contributed by atoms with Crippen molar-refractivity contribution in [3.8, 4) is 0 Å². The predicted octanol–water partition coefficient (Wildman–Crippen LogP) is 1.88. The molecule has 1 aromatic rings. The summed E-state index contributed by atoms with van der Waals surface area (Å²) in [4.78, 5) is 0. The van der Waals surface area contributed by atoms with Gasteiger partial charge >= 0.3 is 0 Å². The Balaban J connectivity index is 1.83. The normalized spacial score (nSPS) is 29.6. The topological polar surface area (TPSA) is 29.3 Å². The molecule has 1 heterocycles. The van der Waals surface area contributed by atoms with Crippen LogP contribution in [0.15, 0.2) is 30.3 Å². The third kappa shape index (κ3) is 1.18. The molecule has 74 valence electrons. The minimum Gasteiger partial charge on any atom is -0.268 e. The van der Waals surface area contributed by atoms with Gasteiger partial charge < -0.3 is 0 Å². The van der Waals surface area contributed by atoms with Crippen LogP contribution in [0.5, 0.6) is 0 Å². The number of hydrogen-bond donors (Lipinski definition) is 1. The second kappa shape index (κ2) is 2.81. The van der Waals surface area contributed by atoms with Crippen molar-refractivity contribution < 1.29 is 0 Å². The van der Waals surface area contributed by atoms with E-state index < -0.39 is 0 Å². The quantitative estimate of drug-likeness (QED) is 0.682. The molecule has 0 radical (unpaired) electrons. The molecule has 1 atom stereocenters. The first-order valence-corrected chi connectivity index (χ1v) is 5.37. The summed E-state index contributed by atoms with van der Waals surface area (Å²) in [5.41, 5.74) is 1.84. The number of hydrazine groups is 1. The minimum atomic E-state index is 0.389. The Bertz CT molecular complexity index is 329. The lowest BCUT2D eigenvalue weighted by Gasteiger charge is -2.15. The van der Waals surface area contributed by atoms with E-state index in [4.69, 9.17) is 5.84 Å². The average Bonchev–Trinajstić information content (AvgIpc) is 2.91. The van der Waals surface area contributed by atoms with E-state index in [0.717, 1.165) is 6.54 Å². The molecule has 3 rings (SSSR count). The Morgan fingerprint density at radius 2 is 1.93 bits per heavy atom. The molecule has 14 heavy (non-hydrogen) atoms. The van der Waals surface area contributed by atoms with Crippen LogP contribution >= 0.6 is 0 Å². The van der Waals surface area contributed by atoms with Crippen LogP contribution in [0.25, 0.3) is 0 Å². The van der Waals surface area contributed by atoms with Crippen LogP contribution in [-0.2, 0) is 0 Å². The van der Waals surface area contributed by atoms with Crippen LogP contribution in [-0.4, -0.2) is 17.1 Å². The highest BCUT2D eigenvalue weighted by molar-refractivity contribution is 5.25. The van der Waals surface area contributed by atoms with Crippen molar-refractivity contribution >= 4 is 0 Å². The molecule has 2 nitrogen and oxygen atoms in total. The maximum atomic E-state index is 6.04. The number of benzene rings is 1. The zero-order valence-corrected chi connectivity index (χ0v) is 8.32. The summed E-state index contributed by atoms with van der Waals surface area (Å²) in [6, 6.07) is 10.8. The van der Waals surface area contributed by atoms with Gasteiger partial charge in [0.15, 0.2) is 0 Å². The molecule has 1 aromatic carbocycles. The van der Waals surface area contributed by atoms with Gasteiger partial charge in [-0.15, -0.1) is 0 Å². The molecular formula is C12H16N2. The van der Waals surface area contributed by atoms with E-state index in [1.165, 1.54) is 24.8 Å². The van der Waals surface area contributed by atoms with E-state index in [2.05, 4.69) is 35.3 Å². The van der Waals surface area contributed by atoms with Gasteiger partial charge in [-0.2, -0.15) is 0 Å². The van der Waals surface area contributed by atoms with Gasteiger partial charge in [0.25, 0.3) is 0 Å². The molecule has 0 bridgehead atoms. The molecule has 2 heteroatoms. The maximum Gasteiger partial charge on any atom is 0.0359 e. The van der Waals surface area contributed by atoms with E-state index in [0.29, 0.717) is 11.5 Å². The molecular weight excluding hydrogens is 172 g/mol. The van der Waals surface area contributed by atoms with Crippen LogP contribution in [0.1, 0.15) is 30.7 Å². The second-order valence-corrected chi connectivity index (χ2v) is 4.69. The number of hydrogen-bond acceptors (Lipinski definition) is 2. The Kier molecular flexibility index (Phi) is 1.70. The molecule has 1 spiro atoms. The van der Waals surface area contributed by atoms with E-state index in [1.54, 1.807) is 0 Å². The summed E-state index contributed by atoms with van der Waals surface area (Å²) >= 11 is 0. The lowest BCUT2D eigenvalue weighted by atomic mass is 9.96. The van der Waals surface area contributed by atoms with Crippen molar-refractivity contribution in [1.29, 1.82) is 0 Å². The third-order valence-electron chi connectivity index (χ3n) is 3.75. The first kappa shape index (κ1) is 8.45. The van der Waals surface area contributed by atoms with Crippen molar-refractivity contribution in [2.24, 2.45) is 5.84 Å². The van der Waals surface area contributed by atoms with Crippen molar-refractivity contribution in [2.75, 3.05) is 6.54 Å². The monoisotopic (exact) mass is 188 g/mol. The first-order valence-electron chi connectivity index (χ1n) is 5.37. The molecule has 2 aliphatic rings. The summed E-state index contributed by atoms with van der Waals surface area (Å²) in [6.45, 7) is 1.03. The van der Waals surface area contributed by atoms with E-state index in [-0.39, 0.29) is 0 Å². The number of rotatable bonds is 1. The number of nitrogens with two attached hydrogens (primary N) is 1. The smallest absolute Gasteiger partial charge is 0.0359 e. The van der Waals surface area contributed by atoms with Crippen LogP contribution in [0.4, 0.5) is 0 Å². The molecule has 2 fully saturated rings. The Labute approximate surface area is 84.7 Å². The molecule has 1 saturated heterocycles. The van der Waals surface area contributed by atoms with E-state index in [9.17, 15) is 0 Å². The lowest BCUT2D eigenvalue weighted by Crippen LogP contribution is -2.37. The molecule has 0 amide bonds. The van der Waals surface area contributed by atoms with Gasteiger partial charge in [-0.05, 0) is 30.7 Å². The van der Waals surface area contributed by atoms with Crippen molar-refractivity contribution in [3.63, 3.8) is 0 Å². The standard InChI is InChI=1S/C12H16N2/c13-14-9-11(8-12(14)6-7-12)10-4-2-1-3-5-10/h1-5,11H,6-9,13H2. The molecule has 1 saturated carbocycles. The van der Waals surface area contributed by atoms with Gasteiger partial charge in [-0.25, -0.2) is 5.01 Å². The van der Waals surface area contributed by atoms with E-state index >= 15 is 0 Å². The zero-order chi connectivity index (χ0) is 9.60. The molecule has 0 aromatic heterocycles. The zero-order valence-electron chi connectivity index (χ0n) is 8.32. The van der Waals surface area contributed by atoms with Gasteiger partial charge in [-0.1, -0.05) is 30.3 Å².